The summed E-state index contributed by atoms with van der Waals surface area (Å²) < 4.78 is 56.6. The third-order valence-electron chi connectivity index (χ3n) is 5.90. The fraction of sp³-hybridized carbons (Fsp3) is 0.296. The van der Waals surface area contributed by atoms with Crippen molar-refractivity contribution in [3.63, 3.8) is 0 Å². The molecule has 0 spiro atoms. The molecule has 0 unspecified atom stereocenters. The molecule has 0 atom stereocenters. The van der Waals surface area contributed by atoms with Crippen molar-refractivity contribution in [1.82, 2.24) is 14.8 Å². The average molecular weight is 577 g/mol. The Kier molecular flexibility index (Phi) is 7.41. The molecule has 2 aromatic carbocycles. The van der Waals surface area contributed by atoms with Gasteiger partial charge in [0.2, 0.25) is 0 Å². The Balaban J connectivity index is 1.83. The molecule has 0 aliphatic carbocycles. The Morgan fingerprint density at radius 3 is 2.30 bits per heavy atom. The zero-order valence-corrected chi connectivity index (χ0v) is 22.2. The lowest BCUT2D eigenvalue weighted by atomic mass is 10.0. The summed E-state index contributed by atoms with van der Waals surface area (Å²) in [4.78, 5) is 17.3. The fourth-order valence-corrected chi connectivity index (χ4v) is 4.57. The molecule has 1 amide bonds. The highest BCUT2D eigenvalue weighted by Crippen LogP contribution is 2.35. The number of pyridine rings is 1. The van der Waals surface area contributed by atoms with E-state index in [9.17, 15) is 22.4 Å². The fourth-order valence-electron chi connectivity index (χ4n) is 4.21. The van der Waals surface area contributed by atoms with Crippen LogP contribution in [0.1, 0.15) is 72.5 Å². The van der Waals surface area contributed by atoms with Gasteiger partial charge in [-0.05, 0) is 53.8 Å². The predicted octanol–water partition coefficient (Wildman–Crippen LogP) is 7.90. The van der Waals surface area contributed by atoms with Crippen molar-refractivity contribution in [2.45, 2.75) is 52.3 Å². The molecule has 37 heavy (non-hydrogen) atoms. The molecule has 5 nitrogen and oxygen atoms in total. The molecular weight excluding hydrogens is 552 g/mol. The number of hydrogen-bond acceptors (Lipinski definition) is 3. The maximum atomic E-state index is 13.6. The molecule has 2 heterocycles. The maximum absolute atomic E-state index is 13.6. The zero-order chi connectivity index (χ0) is 27.1. The predicted molar refractivity (Wildman–Crippen MR) is 138 cm³/mol. The third kappa shape index (κ3) is 5.69. The number of aromatic nitrogens is 3. The van der Waals surface area contributed by atoms with Crippen LogP contribution >= 0.6 is 15.9 Å². The van der Waals surface area contributed by atoms with Gasteiger partial charge >= 0.3 is 6.18 Å². The number of anilines is 1. The molecule has 2 aromatic heterocycles. The van der Waals surface area contributed by atoms with Gasteiger partial charge in [0.1, 0.15) is 11.5 Å². The summed E-state index contributed by atoms with van der Waals surface area (Å²) in [5, 5.41) is 7.90. The maximum Gasteiger partial charge on any atom is 0.433 e. The van der Waals surface area contributed by atoms with Gasteiger partial charge in [0, 0.05) is 9.86 Å². The smallest absolute Gasteiger partial charge is 0.319 e. The zero-order valence-electron chi connectivity index (χ0n) is 20.6. The summed E-state index contributed by atoms with van der Waals surface area (Å²) in [7, 11) is 0. The van der Waals surface area contributed by atoms with Crippen LogP contribution in [-0.4, -0.2) is 20.7 Å². The van der Waals surface area contributed by atoms with Gasteiger partial charge in [-0.3, -0.25) is 9.48 Å². The van der Waals surface area contributed by atoms with E-state index >= 15 is 0 Å². The largest absolute Gasteiger partial charge is 0.433 e. The van der Waals surface area contributed by atoms with Gasteiger partial charge in [-0.15, -0.1) is 0 Å². The first-order valence-electron chi connectivity index (χ1n) is 11.7. The minimum absolute atomic E-state index is 0.0587. The van der Waals surface area contributed by atoms with Crippen LogP contribution < -0.4 is 5.32 Å². The first-order valence-corrected chi connectivity index (χ1v) is 12.5. The number of benzene rings is 2. The second kappa shape index (κ2) is 10.2. The number of carbonyl (C=O) groups excluding carboxylic acids is 1. The van der Waals surface area contributed by atoms with E-state index in [1.165, 1.54) is 18.2 Å². The SMILES string of the molecule is CC(C)c1nn(Cc2ccc(F)cc2)c(C(C)C)c1NC(=O)c1cc(C(F)(F)F)nc2ccc(Br)cc12. The number of hydrogen-bond donors (Lipinski definition) is 1. The molecule has 0 radical (unpaired) electrons. The van der Waals surface area contributed by atoms with E-state index in [0.717, 1.165) is 17.3 Å². The van der Waals surface area contributed by atoms with Crippen LogP contribution in [0.15, 0.2) is 53.0 Å². The number of amides is 1. The van der Waals surface area contributed by atoms with Crippen LogP contribution in [0, 0.1) is 5.82 Å². The molecular formula is C27H25BrF4N4O. The molecule has 0 bridgehead atoms. The van der Waals surface area contributed by atoms with Crippen molar-refractivity contribution < 1.29 is 22.4 Å². The van der Waals surface area contributed by atoms with Gasteiger partial charge in [0.05, 0.1) is 34.7 Å². The lowest BCUT2D eigenvalue weighted by molar-refractivity contribution is -0.140. The first-order chi connectivity index (χ1) is 17.3. The Labute approximate surface area is 220 Å². The quantitative estimate of drug-likeness (QED) is 0.237. The number of rotatable bonds is 6. The van der Waals surface area contributed by atoms with E-state index < -0.39 is 17.8 Å². The Hall–Kier alpha value is -3.27. The van der Waals surface area contributed by atoms with E-state index in [2.05, 4.69) is 26.2 Å². The number of halogens is 5. The summed E-state index contributed by atoms with van der Waals surface area (Å²) in [6.07, 6.45) is -4.72. The highest BCUT2D eigenvalue weighted by atomic mass is 79.9. The number of nitrogens with one attached hydrogen (secondary N) is 1. The second-order valence-electron chi connectivity index (χ2n) is 9.41. The molecule has 0 aliphatic rings. The van der Waals surface area contributed by atoms with Crippen LogP contribution in [0.25, 0.3) is 10.9 Å². The minimum Gasteiger partial charge on any atom is -0.319 e. The van der Waals surface area contributed by atoms with Gasteiger partial charge in [-0.2, -0.15) is 18.3 Å². The normalized spacial score (nSPS) is 12.1. The molecule has 1 N–H and O–H groups in total. The van der Waals surface area contributed by atoms with Crippen molar-refractivity contribution in [3.05, 3.63) is 87.0 Å². The van der Waals surface area contributed by atoms with E-state index in [0.29, 0.717) is 22.4 Å². The lowest BCUT2D eigenvalue weighted by Gasteiger charge is -2.16. The van der Waals surface area contributed by atoms with Crippen LogP contribution in [0.5, 0.6) is 0 Å². The van der Waals surface area contributed by atoms with E-state index in [1.807, 2.05) is 27.7 Å². The van der Waals surface area contributed by atoms with Crippen molar-refractivity contribution in [3.8, 4) is 0 Å². The summed E-state index contributed by atoms with van der Waals surface area (Å²) in [5.74, 6) is -1.21. The van der Waals surface area contributed by atoms with E-state index in [4.69, 9.17) is 5.10 Å². The second-order valence-corrected chi connectivity index (χ2v) is 10.3. The van der Waals surface area contributed by atoms with Gasteiger partial charge in [0.15, 0.2) is 0 Å². The van der Waals surface area contributed by atoms with E-state index in [1.54, 1.807) is 28.9 Å². The summed E-state index contributed by atoms with van der Waals surface area (Å²) in [6, 6.07) is 11.4. The first kappa shape index (κ1) is 26.8. The Morgan fingerprint density at radius 1 is 1.03 bits per heavy atom. The van der Waals surface area contributed by atoms with Crippen LogP contribution in [0.3, 0.4) is 0 Å². The number of nitrogens with zero attached hydrogens (tertiary/aromatic N) is 3. The number of alkyl halides is 3. The summed E-state index contributed by atoms with van der Waals surface area (Å²) in [5.41, 5.74) is 1.38. The van der Waals surface area contributed by atoms with Crippen LogP contribution in [-0.2, 0) is 12.7 Å². The molecule has 10 heteroatoms. The molecule has 0 saturated heterocycles. The topological polar surface area (TPSA) is 59.8 Å². The van der Waals surface area contributed by atoms with Gasteiger partial charge in [0.25, 0.3) is 5.91 Å². The monoisotopic (exact) mass is 576 g/mol. The van der Waals surface area contributed by atoms with Crippen molar-refractivity contribution in [1.29, 1.82) is 0 Å². The number of carbonyl (C=O) groups is 1. The third-order valence-corrected chi connectivity index (χ3v) is 6.40. The van der Waals surface area contributed by atoms with Crippen molar-refractivity contribution in [2.75, 3.05) is 5.32 Å². The molecule has 0 aliphatic heterocycles. The highest BCUT2D eigenvalue weighted by Gasteiger charge is 2.34. The van der Waals surface area contributed by atoms with Gasteiger partial charge in [-0.1, -0.05) is 55.8 Å². The lowest BCUT2D eigenvalue weighted by Crippen LogP contribution is -2.18. The van der Waals surface area contributed by atoms with Crippen molar-refractivity contribution in [2.24, 2.45) is 0 Å². The molecule has 0 saturated carbocycles. The Morgan fingerprint density at radius 2 is 1.70 bits per heavy atom. The van der Waals surface area contributed by atoms with Crippen LogP contribution in [0.2, 0.25) is 0 Å². The Bertz CT molecular complexity index is 1460. The van der Waals surface area contributed by atoms with Crippen LogP contribution in [0.4, 0.5) is 23.2 Å². The average Bonchev–Trinajstić information content (AvgIpc) is 3.17. The molecule has 4 rings (SSSR count). The van der Waals surface area contributed by atoms with Gasteiger partial charge in [-0.25, -0.2) is 9.37 Å². The molecule has 194 valence electrons. The number of fused-ring (bicyclic) bond motifs is 1. The summed E-state index contributed by atoms with van der Waals surface area (Å²) in [6.45, 7) is 8.07. The van der Waals surface area contributed by atoms with Gasteiger partial charge < -0.3 is 5.32 Å². The summed E-state index contributed by atoms with van der Waals surface area (Å²) >= 11 is 3.32. The standard InChI is InChI=1S/C27H25BrF4N4O/c1-14(2)23-24(25(15(3)4)36(35-23)13-16-5-8-18(29)9-6-16)34-26(37)20-12-22(27(30,31)32)33-21-10-7-17(28)11-19(20)21/h5-12,14-15H,13H2,1-4H3,(H,34,37). The highest BCUT2D eigenvalue weighted by molar-refractivity contribution is 9.10. The van der Waals surface area contributed by atoms with E-state index in [-0.39, 0.29) is 34.1 Å². The molecule has 4 aromatic rings. The molecule has 0 fully saturated rings. The minimum atomic E-state index is -4.72. The van der Waals surface area contributed by atoms with Crippen molar-refractivity contribution >= 4 is 38.4 Å².